The van der Waals surface area contributed by atoms with Crippen LogP contribution in [0.1, 0.15) is 10.4 Å². The molecule has 0 fully saturated rings. The molecule has 0 saturated carbocycles. The van der Waals surface area contributed by atoms with E-state index in [4.69, 9.17) is 5.11 Å². The molecule has 1 heterocycles. The standard InChI is InChI=1S/C16H16BrNO2S/c17-15-8-6-14(21-15)7-9-16(20)18(10-11-19)12-13-4-2-1-3-5-13/h1-9,19H,10-12H2/b9-7+. The number of amides is 1. The number of aliphatic hydroxyl groups is 1. The van der Waals surface area contributed by atoms with Gasteiger partial charge in [0.25, 0.3) is 0 Å². The fraction of sp³-hybridized carbons (Fsp3) is 0.188. The Bertz CT molecular complexity index is 610. The molecule has 0 spiro atoms. The monoisotopic (exact) mass is 365 g/mol. The predicted molar refractivity (Wildman–Crippen MR) is 90.0 cm³/mol. The summed E-state index contributed by atoms with van der Waals surface area (Å²) in [5, 5.41) is 9.13. The Morgan fingerprint density at radius 2 is 2.00 bits per heavy atom. The van der Waals surface area contributed by atoms with E-state index < -0.39 is 0 Å². The number of carbonyl (C=O) groups excluding carboxylic acids is 1. The van der Waals surface area contributed by atoms with Crippen molar-refractivity contribution in [2.75, 3.05) is 13.2 Å². The second kappa shape index (κ2) is 8.12. The Morgan fingerprint density at radius 3 is 2.62 bits per heavy atom. The third kappa shape index (κ3) is 5.12. The summed E-state index contributed by atoms with van der Waals surface area (Å²) in [6.45, 7) is 0.780. The second-order valence-corrected chi connectivity index (χ2v) is 6.94. The summed E-state index contributed by atoms with van der Waals surface area (Å²) < 4.78 is 1.03. The van der Waals surface area contributed by atoms with Crippen molar-refractivity contribution in [2.45, 2.75) is 6.54 Å². The Hall–Kier alpha value is -1.43. The van der Waals surface area contributed by atoms with Gasteiger partial charge in [-0.25, -0.2) is 0 Å². The van der Waals surface area contributed by atoms with Crippen LogP contribution in [-0.2, 0) is 11.3 Å². The number of thiophene rings is 1. The van der Waals surface area contributed by atoms with Crippen LogP contribution in [-0.4, -0.2) is 29.1 Å². The second-order valence-electron chi connectivity index (χ2n) is 4.44. The maximum atomic E-state index is 12.2. The molecule has 2 aromatic rings. The molecule has 1 aromatic heterocycles. The number of hydrogen-bond acceptors (Lipinski definition) is 3. The smallest absolute Gasteiger partial charge is 0.246 e. The van der Waals surface area contributed by atoms with E-state index in [1.165, 1.54) is 0 Å². The molecule has 0 aliphatic rings. The van der Waals surface area contributed by atoms with Crippen LogP contribution >= 0.6 is 27.3 Å². The van der Waals surface area contributed by atoms with E-state index >= 15 is 0 Å². The van der Waals surface area contributed by atoms with E-state index in [1.54, 1.807) is 28.4 Å². The minimum Gasteiger partial charge on any atom is -0.395 e. The third-order valence-corrected chi connectivity index (χ3v) is 4.47. The molecule has 0 unspecified atom stereocenters. The number of hydrogen-bond donors (Lipinski definition) is 1. The molecule has 2 rings (SSSR count). The molecule has 1 aromatic carbocycles. The minimum atomic E-state index is -0.0996. The van der Waals surface area contributed by atoms with Gasteiger partial charge in [0.1, 0.15) is 0 Å². The zero-order valence-electron chi connectivity index (χ0n) is 11.4. The molecule has 0 aliphatic carbocycles. The van der Waals surface area contributed by atoms with Crippen molar-refractivity contribution in [3.05, 3.63) is 62.8 Å². The summed E-state index contributed by atoms with van der Waals surface area (Å²) in [5.41, 5.74) is 1.05. The van der Waals surface area contributed by atoms with E-state index in [1.807, 2.05) is 42.5 Å². The van der Waals surface area contributed by atoms with Crippen LogP contribution in [0.25, 0.3) is 6.08 Å². The van der Waals surface area contributed by atoms with Crippen LogP contribution in [0.5, 0.6) is 0 Å². The van der Waals surface area contributed by atoms with Gasteiger partial charge in [-0.05, 0) is 39.7 Å². The highest BCUT2D eigenvalue weighted by Gasteiger charge is 2.10. The highest BCUT2D eigenvalue weighted by Crippen LogP contribution is 2.23. The molecule has 1 N–H and O–H groups in total. The van der Waals surface area contributed by atoms with Crippen molar-refractivity contribution in [3.8, 4) is 0 Å². The lowest BCUT2D eigenvalue weighted by molar-refractivity contribution is -0.127. The summed E-state index contributed by atoms with van der Waals surface area (Å²) in [4.78, 5) is 14.9. The number of benzene rings is 1. The molecule has 0 saturated heterocycles. The molecular formula is C16H16BrNO2S. The van der Waals surface area contributed by atoms with Gasteiger partial charge >= 0.3 is 0 Å². The van der Waals surface area contributed by atoms with Crippen molar-refractivity contribution in [1.82, 2.24) is 4.90 Å². The van der Waals surface area contributed by atoms with Gasteiger partial charge in [0.15, 0.2) is 0 Å². The van der Waals surface area contributed by atoms with Crippen molar-refractivity contribution < 1.29 is 9.90 Å². The van der Waals surface area contributed by atoms with Crippen molar-refractivity contribution in [1.29, 1.82) is 0 Å². The van der Waals surface area contributed by atoms with Crippen LogP contribution in [0.3, 0.4) is 0 Å². The van der Waals surface area contributed by atoms with Crippen LogP contribution in [0.2, 0.25) is 0 Å². The molecule has 0 bridgehead atoms. The van der Waals surface area contributed by atoms with E-state index in [0.717, 1.165) is 14.2 Å². The van der Waals surface area contributed by atoms with Crippen molar-refractivity contribution in [2.24, 2.45) is 0 Å². The maximum absolute atomic E-state index is 12.2. The molecule has 21 heavy (non-hydrogen) atoms. The van der Waals surface area contributed by atoms with E-state index in [-0.39, 0.29) is 12.5 Å². The van der Waals surface area contributed by atoms with Gasteiger partial charge in [-0.15, -0.1) is 11.3 Å². The van der Waals surface area contributed by atoms with Crippen LogP contribution in [0.15, 0.2) is 52.3 Å². The van der Waals surface area contributed by atoms with Gasteiger partial charge in [0.05, 0.1) is 10.4 Å². The topological polar surface area (TPSA) is 40.5 Å². The molecule has 0 aliphatic heterocycles. The molecule has 3 nitrogen and oxygen atoms in total. The predicted octanol–water partition coefficient (Wildman–Crippen LogP) is 3.54. The Balaban J connectivity index is 2.03. The zero-order chi connectivity index (χ0) is 15.1. The first-order valence-corrected chi connectivity index (χ1v) is 8.17. The fourth-order valence-electron chi connectivity index (χ4n) is 1.87. The molecule has 1 amide bonds. The molecule has 0 atom stereocenters. The maximum Gasteiger partial charge on any atom is 0.246 e. The first kappa shape index (κ1) is 15.9. The van der Waals surface area contributed by atoms with E-state index in [2.05, 4.69) is 15.9 Å². The van der Waals surface area contributed by atoms with Crippen LogP contribution in [0.4, 0.5) is 0 Å². The Kier molecular flexibility index (Phi) is 6.17. The van der Waals surface area contributed by atoms with Crippen LogP contribution < -0.4 is 0 Å². The first-order chi connectivity index (χ1) is 10.2. The van der Waals surface area contributed by atoms with E-state index in [0.29, 0.717) is 13.1 Å². The van der Waals surface area contributed by atoms with Gasteiger partial charge in [-0.3, -0.25) is 4.79 Å². The number of halogens is 1. The average Bonchev–Trinajstić information content (AvgIpc) is 2.91. The van der Waals surface area contributed by atoms with Gasteiger partial charge in [-0.1, -0.05) is 30.3 Å². The molecular weight excluding hydrogens is 350 g/mol. The molecule has 110 valence electrons. The fourth-order valence-corrected chi connectivity index (χ4v) is 3.19. The number of rotatable bonds is 6. The Morgan fingerprint density at radius 1 is 1.24 bits per heavy atom. The summed E-state index contributed by atoms with van der Waals surface area (Å²) >= 11 is 4.96. The van der Waals surface area contributed by atoms with Gasteiger partial charge in [-0.2, -0.15) is 0 Å². The van der Waals surface area contributed by atoms with Crippen molar-refractivity contribution in [3.63, 3.8) is 0 Å². The van der Waals surface area contributed by atoms with E-state index in [9.17, 15) is 4.79 Å². The lowest BCUT2D eigenvalue weighted by Gasteiger charge is -2.20. The SMILES string of the molecule is O=C(/C=C/c1ccc(Br)s1)N(CCO)Cc1ccccc1. The quantitative estimate of drug-likeness (QED) is 0.795. The normalized spacial score (nSPS) is 11.0. The number of nitrogens with zero attached hydrogens (tertiary/aromatic N) is 1. The summed E-state index contributed by atoms with van der Waals surface area (Å²) in [6.07, 6.45) is 3.35. The number of carbonyl (C=O) groups is 1. The Labute approximate surface area is 136 Å². The zero-order valence-corrected chi connectivity index (χ0v) is 13.8. The summed E-state index contributed by atoms with van der Waals surface area (Å²) in [5.74, 6) is -0.0996. The first-order valence-electron chi connectivity index (χ1n) is 6.56. The van der Waals surface area contributed by atoms with Crippen molar-refractivity contribution >= 4 is 39.2 Å². The minimum absolute atomic E-state index is 0.0447. The lowest BCUT2D eigenvalue weighted by atomic mass is 10.2. The van der Waals surface area contributed by atoms with Crippen LogP contribution in [0, 0.1) is 0 Å². The number of aliphatic hydroxyl groups excluding tert-OH is 1. The average molecular weight is 366 g/mol. The highest BCUT2D eigenvalue weighted by molar-refractivity contribution is 9.11. The summed E-state index contributed by atoms with van der Waals surface area (Å²) in [6, 6.07) is 13.7. The third-order valence-electron chi connectivity index (χ3n) is 2.88. The van der Waals surface area contributed by atoms with Gasteiger partial charge < -0.3 is 10.0 Å². The van der Waals surface area contributed by atoms with Gasteiger partial charge in [0, 0.05) is 24.0 Å². The lowest BCUT2D eigenvalue weighted by Crippen LogP contribution is -2.31. The molecule has 0 radical (unpaired) electrons. The van der Waals surface area contributed by atoms with Gasteiger partial charge in [0.2, 0.25) is 5.91 Å². The summed E-state index contributed by atoms with van der Waals surface area (Å²) in [7, 11) is 0. The largest absolute Gasteiger partial charge is 0.395 e. The molecule has 5 heteroatoms. The highest BCUT2D eigenvalue weighted by atomic mass is 79.9.